The summed E-state index contributed by atoms with van der Waals surface area (Å²) >= 11 is 0. The molecule has 5 heteroatoms. The summed E-state index contributed by atoms with van der Waals surface area (Å²) < 4.78 is 24.8. The van der Waals surface area contributed by atoms with Crippen LogP contribution in [0.2, 0.25) is 0 Å². The van der Waals surface area contributed by atoms with E-state index in [-0.39, 0.29) is 12.1 Å². The molecule has 2 atom stereocenters. The third kappa shape index (κ3) is 5.21. The number of piperazine rings is 1. The zero-order valence-electron chi connectivity index (χ0n) is 17.0. The quantitative estimate of drug-likeness (QED) is 0.716. The second kappa shape index (κ2) is 8.89. The van der Waals surface area contributed by atoms with Crippen molar-refractivity contribution in [1.29, 1.82) is 0 Å². The molecule has 0 aliphatic carbocycles. The second-order valence-corrected chi connectivity index (χ2v) is 10.6. The SMILES string of the molecule is CCCN1CCN(CC(=CCC(C)C)c2ccccc2)[C@H]2CS(=O)(=O)C[C@H]21. The highest BCUT2D eigenvalue weighted by atomic mass is 32.2. The molecule has 2 heterocycles. The van der Waals surface area contributed by atoms with Gasteiger partial charge in [-0.2, -0.15) is 0 Å². The summed E-state index contributed by atoms with van der Waals surface area (Å²) in [5.74, 6) is 1.25. The summed E-state index contributed by atoms with van der Waals surface area (Å²) in [5.41, 5.74) is 2.59. The van der Waals surface area contributed by atoms with Gasteiger partial charge in [0.05, 0.1) is 11.5 Å². The van der Waals surface area contributed by atoms with Crippen LogP contribution in [-0.4, -0.2) is 68.0 Å². The number of benzene rings is 1. The highest BCUT2D eigenvalue weighted by Crippen LogP contribution is 2.29. The molecule has 2 aliphatic heterocycles. The standard InChI is InChI=1S/C22H34N2O2S/c1-4-12-23-13-14-24(22-17-27(25,26)16-21(22)23)15-20(11-10-18(2)3)19-8-6-5-7-9-19/h5-9,11,18,21-22H,4,10,12-17H2,1-3H3/t21-,22+/m1/s1. The van der Waals surface area contributed by atoms with Crippen LogP contribution in [0.3, 0.4) is 0 Å². The Morgan fingerprint density at radius 2 is 1.74 bits per heavy atom. The number of hydrogen-bond donors (Lipinski definition) is 0. The Labute approximate surface area is 165 Å². The third-order valence-corrected chi connectivity index (χ3v) is 7.47. The van der Waals surface area contributed by atoms with Gasteiger partial charge < -0.3 is 0 Å². The Kier molecular flexibility index (Phi) is 6.77. The maximum atomic E-state index is 12.4. The van der Waals surface area contributed by atoms with Crippen LogP contribution in [0.4, 0.5) is 0 Å². The van der Waals surface area contributed by atoms with Crippen molar-refractivity contribution in [2.24, 2.45) is 5.92 Å². The van der Waals surface area contributed by atoms with Crippen LogP contribution in [0, 0.1) is 5.92 Å². The average Bonchev–Trinajstić information content (AvgIpc) is 2.96. The molecule has 0 amide bonds. The molecule has 1 aromatic carbocycles. The fourth-order valence-electron chi connectivity index (χ4n) is 4.38. The van der Waals surface area contributed by atoms with Crippen molar-refractivity contribution in [2.45, 2.75) is 45.7 Å². The zero-order valence-corrected chi connectivity index (χ0v) is 17.8. The molecule has 2 fully saturated rings. The van der Waals surface area contributed by atoms with Crippen molar-refractivity contribution < 1.29 is 8.42 Å². The predicted octanol–water partition coefficient (Wildman–Crippen LogP) is 3.31. The van der Waals surface area contributed by atoms with Crippen LogP contribution >= 0.6 is 0 Å². The van der Waals surface area contributed by atoms with Gasteiger partial charge in [0.1, 0.15) is 0 Å². The van der Waals surface area contributed by atoms with Crippen LogP contribution in [0.1, 0.15) is 39.2 Å². The van der Waals surface area contributed by atoms with Crippen molar-refractivity contribution in [1.82, 2.24) is 9.80 Å². The number of fused-ring (bicyclic) bond motifs is 1. The largest absolute Gasteiger partial charge is 0.297 e. The van der Waals surface area contributed by atoms with Gasteiger partial charge in [0.15, 0.2) is 9.84 Å². The first-order chi connectivity index (χ1) is 12.9. The van der Waals surface area contributed by atoms with E-state index in [1.54, 1.807) is 0 Å². The van der Waals surface area contributed by atoms with E-state index in [9.17, 15) is 8.42 Å². The second-order valence-electron chi connectivity index (χ2n) is 8.44. The minimum absolute atomic E-state index is 0.126. The summed E-state index contributed by atoms with van der Waals surface area (Å²) in [6, 6.07) is 10.8. The maximum Gasteiger partial charge on any atom is 0.153 e. The van der Waals surface area contributed by atoms with Gasteiger partial charge in [-0.1, -0.05) is 57.2 Å². The predicted molar refractivity (Wildman–Crippen MR) is 114 cm³/mol. The zero-order chi connectivity index (χ0) is 19.4. The fraction of sp³-hybridized carbons (Fsp3) is 0.636. The summed E-state index contributed by atoms with van der Waals surface area (Å²) in [6.45, 7) is 10.4. The lowest BCUT2D eigenvalue weighted by molar-refractivity contribution is 0.0546. The molecule has 2 saturated heterocycles. The number of allylic oxidation sites excluding steroid dienone is 1. The smallest absolute Gasteiger partial charge is 0.153 e. The Morgan fingerprint density at radius 3 is 2.37 bits per heavy atom. The summed E-state index contributed by atoms with van der Waals surface area (Å²) in [7, 11) is -2.94. The van der Waals surface area contributed by atoms with E-state index in [2.05, 4.69) is 60.9 Å². The Morgan fingerprint density at radius 1 is 1.11 bits per heavy atom. The van der Waals surface area contributed by atoms with Crippen LogP contribution in [-0.2, 0) is 9.84 Å². The van der Waals surface area contributed by atoms with E-state index in [4.69, 9.17) is 0 Å². The molecule has 4 nitrogen and oxygen atoms in total. The molecule has 1 aromatic rings. The van der Waals surface area contributed by atoms with E-state index >= 15 is 0 Å². The molecular formula is C22H34N2O2S. The van der Waals surface area contributed by atoms with Crippen molar-refractivity contribution >= 4 is 15.4 Å². The maximum absolute atomic E-state index is 12.4. The molecule has 2 aliphatic rings. The number of sulfone groups is 1. The molecule has 0 aromatic heterocycles. The van der Waals surface area contributed by atoms with Gasteiger partial charge in [0, 0.05) is 31.7 Å². The van der Waals surface area contributed by atoms with Crippen LogP contribution < -0.4 is 0 Å². The molecule has 150 valence electrons. The van der Waals surface area contributed by atoms with Gasteiger partial charge in [0.2, 0.25) is 0 Å². The molecule has 0 N–H and O–H groups in total. The topological polar surface area (TPSA) is 40.6 Å². The van der Waals surface area contributed by atoms with E-state index in [0.717, 1.165) is 39.0 Å². The van der Waals surface area contributed by atoms with Crippen molar-refractivity contribution in [3.05, 3.63) is 42.0 Å². The highest BCUT2D eigenvalue weighted by Gasteiger charge is 2.46. The summed E-state index contributed by atoms with van der Waals surface area (Å²) in [4.78, 5) is 4.84. The lowest BCUT2D eigenvalue weighted by Crippen LogP contribution is -2.59. The normalized spacial score (nSPS) is 26.4. The van der Waals surface area contributed by atoms with Gasteiger partial charge in [-0.05, 0) is 36.4 Å². The van der Waals surface area contributed by atoms with Crippen molar-refractivity contribution in [3.63, 3.8) is 0 Å². The Balaban J connectivity index is 1.82. The highest BCUT2D eigenvalue weighted by molar-refractivity contribution is 7.91. The monoisotopic (exact) mass is 390 g/mol. The lowest BCUT2D eigenvalue weighted by Gasteiger charge is -2.44. The van der Waals surface area contributed by atoms with E-state index in [1.807, 2.05) is 6.07 Å². The van der Waals surface area contributed by atoms with Gasteiger partial charge >= 0.3 is 0 Å². The van der Waals surface area contributed by atoms with Gasteiger partial charge in [-0.25, -0.2) is 8.42 Å². The van der Waals surface area contributed by atoms with E-state index in [0.29, 0.717) is 17.4 Å². The molecule has 0 unspecified atom stereocenters. The first-order valence-electron chi connectivity index (χ1n) is 10.3. The molecule has 0 spiro atoms. The molecule has 3 rings (SSSR count). The van der Waals surface area contributed by atoms with Gasteiger partial charge in [0.25, 0.3) is 0 Å². The van der Waals surface area contributed by atoms with E-state index in [1.165, 1.54) is 11.1 Å². The number of hydrogen-bond acceptors (Lipinski definition) is 4. The Hall–Kier alpha value is -1.17. The molecule has 0 bridgehead atoms. The molecule has 0 saturated carbocycles. The first-order valence-corrected chi connectivity index (χ1v) is 12.1. The first kappa shape index (κ1) is 20.6. The molecular weight excluding hydrogens is 356 g/mol. The fourth-order valence-corrected chi connectivity index (χ4v) is 6.42. The summed E-state index contributed by atoms with van der Waals surface area (Å²) in [6.07, 6.45) is 4.48. The minimum Gasteiger partial charge on any atom is -0.297 e. The van der Waals surface area contributed by atoms with Crippen LogP contribution in [0.25, 0.3) is 5.57 Å². The van der Waals surface area contributed by atoms with Gasteiger partial charge in [-0.3, -0.25) is 9.80 Å². The summed E-state index contributed by atoms with van der Waals surface area (Å²) in [5, 5.41) is 0. The molecule has 27 heavy (non-hydrogen) atoms. The van der Waals surface area contributed by atoms with Crippen molar-refractivity contribution in [2.75, 3.05) is 37.7 Å². The van der Waals surface area contributed by atoms with Gasteiger partial charge in [-0.15, -0.1) is 0 Å². The lowest BCUT2D eigenvalue weighted by atomic mass is 9.98. The minimum atomic E-state index is -2.94. The van der Waals surface area contributed by atoms with Crippen LogP contribution in [0.15, 0.2) is 36.4 Å². The van der Waals surface area contributed by atoms with E-state index < -0.39 is 9.84 Å². The number of nitrogens with zero attached hydrogens (tertiary/aromatic N) is 2. The third-order valence-electron chi connectivity index (χ3n) is 5.77. The van der Waals surface area contributed by atoms with Crippen LogP contribution in [0.5, 0.6) is 0 Å². The number of rotatable bonds is 7. The average molecular weight is 391 g/mol. The van der Waals surface area contributed by atoms with Crippen molar-refractivity contribution in [3.8, 4) is 0 Å². The molecule has 0 radical (unpaired) electrons. The Bertz CT molecular complexity index is 743.